The van der Waals surface area contributed by atoms with Crippen molar-refractivity contribution >= 4 is 11.8 Å². The predicted molar refractivity (Wildman–Crippen MR) is 96.1 cm³/mol. The van der Waals surface area contributed by atoms with E-state index in [9.17, 15) is 14.0 Å². The van der Waals surface area contributed by atoms with Crippen molar-refractivity contribution < 1.29 is 14.0 Å². The molecule has 5 heteroatoms. The van der Waals surface area contributed by atoms with E-state index in [1.165, 1.54) is 12.1 Å². The minimum Gasteiger partial charge on any atom is -0.352 e. The van der Waals surface area contributed by atoms with Crippen LogP contribution in [-0.2, 0) is 6.42 Å². The highest BCUT2D eigenvalue weighted by Crippen LogP contribution is 2.06. The van der Waals surface area contributed by atoms with Crippen LogP contribution in [0.5, 0.6) is 0 Å². The standard InChI is InChI=1S/C20H23FN2O2/c1-2-3-12-22-19(24)16-5-4-6-17(14-16)20(25)23-13-11-15-7-9-18(21)10-8-15/h4-10,14H,2-3,11-13H2,1H3,(H,22,24)(H,23,25). The van der Waals surface area contributed by atoms with Gasteiger partial charge in [0.1, 0.15) is 5.82 Å². The van der Waals surface area contributed by atoms with Crippen LogP contribution in [0.15, 0.2) is 48.5 Å². The van der Waals surface area contributed by atoms with E-state index in [1.807, 2.05) is 0 Å². The molecule has 2 aromatic carbocycles. The first-order valence-electron chi connectivity index (χ1n) is 8.51. The minimum absolute atomic E-state index is 0.172. The van der Waals surface area contributed by atoms with Crippen LogP contribution >= 0.6 is 0 Å². The molecule has 0 aromatic heterocycles. The Balaban J connectivity index is 1.87. The van der Waals surface area contributed by atoms with Gasteiger partial charge in [0.25, 0.3) is 11.8 Å². The highest BCUT2D eigenvalue weighted by molar-refractivity contribution is 5.99. The van der Waals surface area contributed by atoms with E-state index in [0.29, 0.717) is 30.6 Å². The smallest absolute Gasteiger partial charge is 0.251 e. The van der Waals surface area contributed by atoms with Crippen molar-refractivity contribution in [1.29, 1.82) is 0 Å². The van der Waals surface area contributed by atoms with Gasteiger partial charge in [-0.05, 0) is 48.7 Å². The molecule has 0 aliphatic heterocycles. The number of rotatable bonds is 8. The van der Waals surface area contributed by atoms with E-state index < -0.39 is 0 Å². The van der Waals surface area contributed by atoms with Crippen LogP contribution in [0.2, 0.25) is 0 Å². The Morgan fingerprint density at radius 1 is 0.920 bits per heavy atom. The fourth-order valence-electron chi connectivity index (χ4n) is 2.36. The molecule has 2 amide bonds. The molecule has 0 fully saturated rings. The Morgan fingerprint density at radius 2 is 1.52 bits per heavy atom. The van der Waals surface area contributed by atoms with Crippen LogP contribution < -0.4 is 10.6 Å². The monoisotopic (exact) mass is 342 g/mol. The number of carbonyl (C=O) groups is 2. The lowest BCUT2D eigenvalue weighted by Crippen LogP contribution is -2.27. The number of hydrogen-bond acceptors (Lipinski definition) is 2. The van der Waals surface area contributed by atoms with Crippen molar-refractivity contribution in [3.05, 3.63) is 71.0 Å². The molecule has 2 aromatic rings. The van der Waals surface area contributed by atoms with Gasteiger partial charge < -0.3 is 10.6 Å². The van der Waals surface area contributed by atoms with Crippen molar-refractivity contribution in [3.63, 3.8) is 0 Å². The number of hydrogen-bond donors (Lipinski definition) is 2. The molecule has 4 nitrogen and oxygen atoms in total. The molecule has 0 atom stereocenters. The second kappa shape index (κ2) is 9.57. The molecule has 0 saturated heterocycles. The second-order valence-electron chi connectivity index (χ2n) is 5.82. The fourth-order valence-corrected chi connectivity index (χ4v) is 2.36. The summed E-state index contributed by atoms with van der Waals surface area (Å²) in [5.74, 6) is -0.679. The lowest BCUT2D eigenvalue weighted by Gasteiger charge is -2.08. The summed E-state index contributed by atoms with van der Waals surface area (Å²) in [6.45, 7) is 3.13. The van der Waals surface area contributed by atoms with Gasteiger partial charge in [0.15, 0.2) is 0 Å². The SMILES string of the molecule is CCCCNC(=O)c1cccc(C(=O)NCCc2ccc(F)cc2)c1. The number of amides is 2. The summed E-state index contributed by atoms with van der Waals surface area (Å²) in [5, 5.41) is 5.65. The van der Waals surface area contributed by atoms with Crippen molar-refractivity contribution in [3.8, 4) is 0 Å². The fraction of sp³-hybridized carbons (Fsp3) is 0.300. The zero-order valence-corrected chi connectivity index (χ0v) is 14.3. The molecule has 0 heterocycles. The first-order valence-corrected chi connectivity index (χ1v) is 8.51. The average Bonchev–Trinajstić information content (AvgIpc) is 2.63. The Morgan fingerprint density at radius 3 is 2.12 bits per heavy atom. The Labute approximate surface area is 147 Å². The summed E-state index contributed by atoms with van der Waals surface area (Å²) in [4.78, 5) is 24.3. The lowest BCUT2D eigenvalue weighted by atomic mass is 10.1. The molecule has 0 spiro atoms. The van der Waals surface area contributed by atoms with Crippen molar-refractivity contribution in [2.24, 2.45) is 0 Å². The number of carbonyl (C=O) groups excluding carboxylic acids is 2. The molecule has 0 bridgehead atoms. The first-order chi connectivity index (χ1) is 12.1. The lowest BCUT2D eigenvalue weighted by molar-refractivity contribution is 0.0952. The Bertz CT molecular complexity index is 714. The van der Waals surface area contributed by atoms with Crippen LogP contribution in [-0.4, -0.2) is 24.9 Å². The van der Waals surface area contributed by atoms with E-state index in [1.54, 1.807) is 36.4 Å². The molecular formula is C20H23FN2O2. The van der Waals surface area contributed by atoms with E-state index in [4.69, 9.17) is 0 Å². The number of halogens is 1. The normalized spacial score (nSPS) is 10.3. The number of nitrogens with one attached hydrogen (secondary N) is 2. The molecule has 0 radical (unpaired) electrons. The topological polar surface area (TPSA) is 58.2 Å². The van der Waals surface area contributed by atoms with E-state index in [0.717, 1.165) is 18.4 Å². The third-order valence-corrected chi connectivity index (χ3v) is 3.82. The molecule has 0 aliphatic carbocycles. The molecule has 132 valence electrons. The third-order valence-electron chi connectivity index (χ3n) is 3.82. The maximum atomic E-state index is 12.9. The van der Waals surface area contributed by atoms with Gasteiger partial charge in [-0.2, -0.15) is 0 Å². The quantitative estimate of drug-likeness (QED) is 0.723. The van der Waals surface area contributed by atoms with Crippen LogP contribution in [0.3, 0.4) is 0 Å². The van der Waals surface area contributed by atoms with Gasteiger partial charge in [-0.1, -0.05) is 31.5 Å². The van der Waals surface area contributed by atoms with Gasteiger partial charge in [0.2, 0.25) is 0 Å². The van der Waals surface area contributed by atoms with Gasteiger partial charge in [0.05, 0.1) is 0 Å². The van der Waals surface area contributed by atoms with Crippen LogP contribution in [0.4, 0.5) is 4.39 Å². The summed E-state index contributed by atoms with van der Waals surface area (Å²) in [6.07, 6.45) is 2.55. The number of benzene rings is 2. The number of unbranched alkanes of at least 4 members (excludes halogenated alkanes) is 1. The zero-order chi connectivity index (χ0) is 18.1. The van der Waals surface area contributed by atoms with Gasteiger partial charge >= 0.3 is 0 Å². The molecule has 0 saturated carbocycles. The van der Waals surface area contributed by atoms with Gasteiger partial charge in [0, 0.05) is 24.2 Å². The maximum Gasteiger partial charge on any atom is 0.251 e. The third kappa shape index (κ3) is 6.03. The van der Waals surface area contributed by atoms with Crippen molar-refractivity contribution in [1.82, 2.24) is 10.6 Å². The average molecular weight is 342 g/mol. The van der Waals surface area contributed by atoms with Crippen molar-refractivity contribution in [2.45, 2.75) is 26.2 Å². The van der Waals surface area contributed by atoms with Crippen LogP contribution in [0, 0.1) is 5.82 Å². The summed E-state index contributed by atoms with van der Waals surface area (Å²) >= 11 is 0. The van der Waals surface area contributed by atoms with Gasteiger partial charge in [-0.3, -0.25) is 9.59 Å². The molecule has 0 unspecified atom stereocenters. The van der Waals surface area contributed by atoms with Crippen molar-refractivity contribution in [2.75, 3.05) is 13.1 Å². The zero-order valence-electron chi connectivity index (χ0n) is 14.3. The first kappa shape index (κ1) is 18.6. The van der Waals surface area contributed by atoms with E-state index in [-0.39, 0.29) is 17.6 Å². The highest BCUT2D eigenvalue weighted by Gasteiger charge is 2.10. The van der Waals surface area contributed by atoms with E-state index in [2.05, 4.69) is 17.6 Å². The largest absolute Gasteiger partial charge is 0.352 e. The highest BCUT2D eigenvalue weighted by atomic mass is 19.1. The maximum absolute atomic E-state index is 12.9. The molecular weight excluding hydrogens is 319 g/mol. The molecule has 2 N–H and O–H groups in total. The van der Waals surface area contributed by atoms with Crippen LogP contribution in [0.1, 0.15) is 46.0 Å². The summed E-state index contributed by atoms with van der Waals surface area (Å²) in [6, 6.07) is 12.9. The van der Waals surface area contributed by atoms with Crippen LogP contribution in [0.25, 0.3) is 0 Å². The molecule has 25 heavy (non-hydrogen) atoms. The molecule has 2 rings (SSSR count). The summed E-state index contributed by atoms with van der Waals surface area (Å²) in [7, 11) is 0. The molecule has 0 aliphatic rings. The second-order valence-corrected chi connectivity index (χ2v) is 5.82. The van der Waals surface area contributed by atoms with E-state index >= 15 is 0 Å². The summed E-state index contributed by atoms with van der Waals surface area (Å²) in [5.41, 5.74) is 1.87. The predicted octanol–water partition coefficient (Wildman–Crippen LogP) is 3.33. The Kier molecular flexibility index (Phi) is 7.14. The summed E-state index contributed by atoms with van der Waals surface area (Å²) < 4.78 is 12.9. The van der Waals surface area contributed by atoms with Gasteiger partial charge in [-0.25, -0.2) is 4.39 Å². The Hall–Kier alpha value is -2.69. The van der Waals surface area contributed by atoms with Gasteiger partial charge in [-0.15, -0.1) is 0 Å². The minimum atomic E-state index is -0.276.